The second kappa shape index (κ2) is 8.20. The van der Waals surface area contributed by atoms with Gasteiger partial charge in [0, 0.05) is 24.6 Å². The highest BCUT2D eigenvalue weighted by Crippen LogP contribution is 2.17. The number of pyridine rings is 1. The fourth-order valence-electron chi connectivity index (χ4n) is 2.38. The Balaban J connectivity index is 1.58. The van der Waals surface area contributed by atoms with E-state index < -0.39 is 0 Å². The smallest absolute Gasteiger partial charge is 0.275 e. The highest BCUT2D eigenvalue weighted by Gasteiger charge is 2.09. The molecule has 0 saturated heterocycles. The Kier molecular flexibility index (Phi) is 5.53. The third kappa shape index (κ3) is 4.63. The minimum atomic E-state index is -0.282. The molecule has 0 saturated carbocycles. The molecule has 0 spiro atoms. The van der Waals surface area contributed by atoms with Crippen LogP contribution < -0.4 is 10.6 Å². The minimum Gasteiger partial charge on any atom is -0.365 e. The van der Waals surface area contributed by atoms with Crippen molar-refractivity contribution in [1.82, 2.24) is 15.0 Å². The van der Waals surface area contributed by atoms with Gasteiger partial charge in [-0.2, -0.15) is 0 Å². The average Bonchev–Trinajstić information content (AvgIpc) is 2.68. The molecule has 0 bridgehead atoms. The van der Waals surface area contributed by atoms with Gasteiger partial charge in [-0.05, 0) is 41.3 Å². The summed E-state index contributed by atoms with van der Waals surface area (Å²) < 4.78 is 0. The molecular weight excluding hydrogens is 326 g/mol. The zero-order valence-electron chi connectivity index (χ0n) is 14.8. The SMILES string of the molecule is CC(C)c1ccc(NC(=O)c2cnc(NCc3ccncc3)cn2)cc1. The van der Waals surface area contributed by atoms with Crippen molar-refractivity contribution in [1.29, 1.82) is 0 Å². The number of hydrogen-bond acceptors (Lipinski definition) is 5. The second-order valence-electron chi connectivity index (χ2n) is 6.23. The van der Waals surface area contributed by atoms with E-state index in [9.17, 15) is 4.79 Å². The van der Waals surface area contributed by atoms with Gasteiger partial charge in [-0.1, -0.05) is 26.0 Å². The van der Waals surface area contributed by atoms with Crippen LogP contribution >= 0.6 is 0 Å². The third-order valence-electron chi connectivity index (χ3n) is 3.94. The Morgan fingerprint density at radius 1 is 1.00 bits per heavy atom. The molecule has 3 aromatic rings. The largest absolute Gasteiger partial charge is 0.365 e. The molecule has 1 aromatic carbocycles. The molecule has 2 aromatic heterocycles. The summed E-state index contributed by atoms with van der Waals surface area (Å²) in [7, 11) is 0. The first kappa shape index (κ1) is 17.5. The van der Waals surface area contributed by atoms with Crippen LogP contribution in [0.3, 0.4) is 0 Å². The molecule has 0 unspecified atom stereocenters. The lowest BCUT2D eigenvalue weighted by atomic mass is 10.0. The zero-order chi connectivity index (χ0) is 18.4. The van der Waals surface area contributed by atoms with Crippen molar-refractivity contribution in [2.24, 2.45) is 0 Å². The Hall–Kier alpha value is -3.28. The molecule has 2 heterocycles. The Bertz CT molecular complexity index is 846. The van der Waals surface area contributed by atoms with E-state index in [1.807, 2.05) is 36.4 Å². The van der Waals surface area contributed by atoms with Crippen LogP contribution in [0.5, 0.6) is 0 Å². The standard InChI is InChI=1S/C20H21N5O/c1-14(2)16-3-5-17(6-4-16)25-20(26)18-12-24-19(13-22-18)23-11-15-7-9-21-10-8-15/h3-10,12-14H,11H2,1-2H3,(H,23,24)(H,25,26). The molecule has 132 valence electrons. The maximum absolute atomic E-state index is 12.3. The molecule has 0 radical (unpaired) electrons. The van der Waals surface area contributed by atoms with Crippen molar-refractivity contribution in [3.05, 3.63) is 78.0 Å². The monoisotopic (exact) mass is 347 g/mol. The first-order chi connectivity index (χ1) is 12.6. The summed E-state index contributed by atoms with van der Waals surface area (Å²) in [5.41, 5.74) is 3.33. The number of benzene rings is 1. The number of rotatable bonds is 6. The van der Waals surface area contributed by atoms with Gasteiger partial charge in [0.15, 0.2) is 0 Å². The van der Waals surface area contributed by atoms with Crippen LogP contribution in [0.25, 0.3) is 0 Å². The molecule has 6 nitrogen and oxygen atoms in total. The van der Waals surface area contributed by atoms with Crippen LogP contribution in [0.4, 0.5) is 11.5 Å². The summed E-state index contributed by atoms with van der Waals surface area (Å²) in [6, 6.07) is 11.7. The summed E-state index contributed by atoms with van der Waals surface area (Å²) in [6.07, 6.45) is 6.50. The average molecular weight is 347 g/mol. The zero-order valence-corrected chi connectivity index (χ0v) is 14.8. The fourth-order valence-corrected chi connectivity index (χ4v) is 2.38. The lowest BCUT2D eigenvalue weighted by Crippen LogP contribution is -2.14. The van der Waals surface area contributed by atoms with Crippen LogP contribution in [-0.2, 0) is 6.54 Å². The number of aromatic nitrogens is 3. The first-order valence-corrected chi connectivity index (χ1v) is 8.48. The number of carbonyl (C=O) groups excluding carboxylic acids is 1. The molecule has 3 rings (SSSR count). The predicted molar refractivity (Wildman–Crippen MR) is 102 cm³/mol. The van der Waals surface area contributed by atoms with Gasteiger partial charge in [-0.25, -0.2) is 9.97 Å². The van der Waals surface area contributed by atoms with Crippen molar-refractivity contribution in [3.63, 3.8) is 0 Å². The van der Waals surface area contributed by atoms with E-state index in [4.69, 9.17) is 0 Å². The summed E-state index contributed by atoms with van der Waals surface area (Å²) in [4.78, 5) is 24.7. The van der Waals surface area contributed by atoms with Crippen LogP contribution in [0.2, 0.25) is 0 Å². The minimum absolute atomic E-state index is 0.271. The van der Waals surface area contributed by atoms with Crippen LogP contribution in [0, 0.1) is 0 Å². The Morgan fingerprint density at radius 2 is 1.73 bits per heavy atom. The second-order valence-corrected chi connectivity index (χ2v) is 6.23. The first-order valence-electron chi connectivity index (χ1n) is 8.48. The molecular formula is C20H21N5O. The molecule has 1 amide bonds. The van der Waals surface area contributed by atoms with Gasteiger partial charge < -0.3 is 10.6 Å². The van der Waals surface area contributed by atoms with Gasteiger partial charge in [-0.15, -0.1) is 0 Å². The van der Waals surface area contributed by atoms with Crippen LogP contribution in [-0.4, -0.2) is 20.9 Å². The van der Waals surface area contributed by atoms with E-state index >= 15 is 0 Å². The fraction of sp³-hybridized carbons (Fsp3) is 0.200. The molecule has 0 aliphatic rings. The van der Waals surface area contributed by atoms with Crippen LogP contribution in [0.15, 0.2) is 61.2 Å². The van der Waals surface area contributed by atoms with Gasteiger partial charge in [0.1, 0.15) is 11.5 Å². The molecule has 0 aliphatic carbocycles. The number of nitrogens with one attached hydrogen (secondary N) is 2. The maximum atomic E-state index is 12.3. The maximum Gasteiger partial charge on any atom is 0.275 e. The third-order valence-corrected chi connectivity index (χ3v) is 3.94. The van der Waals surface area contributed by atoms with Gasteiger partial charge in [0.05, 0.1) is 12.4 Å². The van der Waals surface area contributed by atoms with Crippen molar-refractivity contribution >= 4 is 17.4 Å². The number of amides is 1. The van der Waals surface area contributed by atoms with E-state index in [2.05, 4.69) is 39.4 Å². The summed E-state index contributed by atoms with van der Waals surface area (Å²) in [6.45, 7) is 4.88. The van der Waals surface area contributed by atoms with E-state index in [1.54, 1.807) is 18.6 Å². The van der Waals surface area contributed by atoms with E-state index in [-0.39, 0.29) is 11.6 Å². The number of nitrogens with zero attached hydrogens (tertiary/aromatic N) is 3. The Labute approximate surface area is 152 Å². The lowest BCUT2D eigenvalue weighted by Gasteiger charge is -2.09. The topological polar surface area (TPSA) is 79.8 Å². The molecule has 6 heteroatoms. The van der Waals surface area contributed by atoms with Crippen LogP contribution in [0.1, 0.15) is 41.4 Å². The number of hydrogen-bond donors (Lipinski definition) is 2. The van der Waals surface area contributed by atoms with Gasteiger partial charge >= 0.3 is 0 Å². The molecule has 2 N–H and O–H groups in total. The van der Waals surface area contributed by atoms with Gasteiger partial charge in [0.2, 0.25) is 0 Å². The van der Waals surface area contributed by atoms with E-state index in [1.165, 1.54) is 11.8 Å². The highest BCUT2D eigenvalue weighted by atomic mass is 16.1. The van der Waals surface area contributed by atoms with Crippen molar-refractivity contribution in [2.75, 3.05) is 10.6 Å². The van der Waals surface area contributed by atoms with E-state index in [0.29, 0.717) is 18.3 Å². The number of carbonyl (C=O) groups is 1. The Morgan fingerprint density at radius 3 is 2.35 bits per heavy atom. The normalized spacial score (nSPS) is 10.6. The summed E-state index contributed by atoms with van der Waals surface area (Å²) in [5, 5.41) is 5.99. The van der Waals surface area contributed by atoms with Crippen molar-refractivity contribution in [3.8, 4) is 0 Å². The molecule has 0 aliphatic heterocycles. The van der Waals surface area contributed by atoms with Gasteiger partial charge in [0.25, 0.3) is 5.91 Å². The molecule has 0 fully saturated rings. The van der Waals surface area contributed by atoms with E-state index in [0.717, 1.165) is 11.3 Å². The van der Waals surface area contributed by atoms with Crippen molar-refractivity contribution < 1.29 is 4.79 Å². The predicted octanol–water partition coefficient (Wildman–Crippen LogP) is 3.86. The van der Waals surface area contributed by atoms with Crippen molar-refractivity contribution in [2.45, 2.75) is 26.3 Å². The molecule has 26 heavy (non-hydrogen) atoms. The number of anilines is 2. The summed E-state index contributed by atoms with van der Waals surface area (Å²) >= 11 is 0. The lowest BCUT2D eigenvalue weighted by molar-refractivity contribution is 0.102. The van der Waals surface area contributed by atoms with Gasteiger partial charge in [-0.3, -0.25) is 9.78 Å². The summed E-state index contributed by atoms with van der Waals surface area (Å²) in [5.74, 6) is 0.785. The molecule has 0 atom stereocenters. The highest BCUT2D eigenvalue weighted by molar-refractivity contribution is 6.02. The quantitative estimate of drug-likeness (QED) is 0.708.